The van der Waals surface area contributed by atoms with Gasteiger partial charge in [-0.15, -0.1) is 0 Å². The van der Waals surface area contributed by atoms with Crippen LogP contribution in [0.1, 0.15) is 41.6 Å². The van der Waals surface area contributed by atoms with E-state index in [1.165, 1.54) is 23.1 Å². The van der Waals surface area contributed by atoms with Crippen LogP contribution in [0.2, 0.25) is 0 Å². The smallest absolute Gasteiger partial charge is 0.315 e. The highest BCUT2D eigenvalue weighted by Gasteiger charge is 2.27. The molecule has 1 saturated carbocycles. The van der Waals surface area contributed by atoms with Gasteiger partial charge in [0.05, 0.1) is 16.1 Å². The minimum Gasteiger partial charge on any atom is -0.317 e. The third-order valence-corrected chi connectivity index (χ3v) is 7.13. The van der Waals surface area contributed by atoms with E-state index >= 15 is 0 Å². The third kappa shape index (κ3) is 5.41. The maximum Gasteiger partial charge on any atom is 0.315 e. The lowest BCUT2D eigenvalue weighted by atomic mass is 9.94. The molecule has 0 aliphatic heterocycles. The first-order chi connectivity index (χ1) is 15.5. The van der Waals surface area contributed by atoms with Gasteiger partial charge in [0.1, 0.15) is 5.03 Å². The zero-order valence-electron chi connectivity index (χ0n) is 17.5. The van der Waals surface area contributed by atoms with Gasteiger partial charge in [-0.2, -0.15) is 0 Å². The molecule has 7 nitrogen and oxygen atoms in total. The summed E-state index contributed by atoms with van der Waals surface area (Å²) in [6.45, 7) is 1.90. The van der Waals surface area contributed by atoms with Crippen LogP contribution in [0.4, 0.5) is 10.8 Å². The number of Topliss-reactive ketones (excluding diaryl/α,β-unsaturated/α-hetero) is 1. The van der Waals surface area contributed by atoms with Crippen molar-refractivity contribution in [2.45, 2.75) is 41.8 Å². The number of hydrogen-bond donors (Lipinski definition) is 2. The summed E-state index contributed by atoms with van der Waals surface area (Å²) in [6.07, 6.45) is 7.14. The lowest BCUT2D eigenvalue weighted by Crippen LogP contribution is -2.30. The molecule has 2 heterocycles. The fourth-order valence-corrected chi connectivity index (χ4v) is 5.36. The van der Waals surface area contributed by atoms with Crippen molar-refractivity contribution in [3.63, 3.8) is 0 Å². The fraction of sp³-hybridized carbons (Fsp3) is 0.261. The minimum atomic E-state index is -0.844. The van der Waals surface area contributed by atoms with Crippen LogP contribution in [0, 0.1) is 12.8 Å². The number of anilines is 2. The van der Waals surface area contributed by atoms with Crippen LogP contribution >= 0.6 is 23.1 Å². The number of thiazole rings is 1. The summed E-state index contributed by atoms with van der Waals surface area (Å²) in [5.74, 6) is -1.68. The predicted molar refractivity (Wildman–Crippen MR) is 125 cm³/mol. The van der Waals surface area contributed by atoms with E-state index in [-0.39, 0.29) is 11.7 Å². The largest absolute Gasteiger partial charge is 0.317 e. The topological polar surface area (TPSA) is 101 Å². The second kappa shape index (κ2) is 10.1. The molecular formula is C23H22N4O3S2. The molecular weight excluding hydrogens is 444 g/mol. The number of nitrogens with zero attached hydrogens (tertiary/aromatic N) is 2. The molecule has 164 valence electrons. The Bertz CT molecular complexity index is 1140. The molecule has 2 amide bonds. The second-order valence-corrected chi connectivity index (χ2v) is 9.91. The molecule has 4 rings (SSSR count). The van der Waals surface area contributed by atoms with E-state index in [4.69, 9.17) is 0 Å². The Hall–Kier alpha value is -3.04. The van der Waals surface area contributed by atoms with E-state index < -0.39 is 11.8 Å². The third-order valence-electron chi connectivity index (χ3n) is 5.17. The van der Waals surface area contributed by atoms with Gasteiger partial charge in [-0.3, -0.25) is 19.7 Å². The molecule has 0 bridgehead atoms. The van der Waals surface area contributed by atoms with E-state index in [1.54, 1.807) is 30.6 Å². The number of amides is 2. The van der Waals surface area contributed by atoms with Crippen molar-refractivity contribution in [2.75, 3.05) is 10.6 Å². The first-order valence-electron chi connectivity index (χ1n) is 10.3. The quantitative estimate of drug-likeness (QED) is 0.394. The number of benzene rings is 1. The van der Waals surface area contributed by atoms with Crippen LogP contribution in [-0.2, 0) is 9.59 Å². The number of rotatable bonds is 6. The van der Waals surface area contributed by atoms with Gasteiger partial charge in [-0.1, -0.05) is 53.6 Å². The molecule has 0 unspecified atom stereocenters. The molecule has 1 aromatic carbocycles. The lowest BCUT2D eigenvalue weighted by Gasteiger charge is -2.14. The predicted octanol–water partition coefficient (Wildman–Crippen LogP) is 4.95. The number of carbonyl (C=O) groups excluding carboxylic acids is 3. The van der Waals surface area contributed by atoms with Crippen molar-refractivity contribution in [2.24, 2.45) is 5.92 Å². The number of aromatic nitrogens is 2. The van der Waals surface area contributed by atoms with Gasteiger partial charge >= 0.3 is 11.8 Å². The number of hydrogen-bond acceptors (Lipinski definition) is 7. The van der Waals surface area contributed by atoms with E-state index in [0.717, 1.165) is 40.5 Å². The minimum absolute atomic E-state index is 0.0216. The molecule has 0 saturated heterocycles. The number of pyridine rings is 1. The first-order valence-corrected chi connectivity index (χ1v) is 11.9. The maximum absolute atomic E-state index is 12.9. The average molecular weight is 467 g/mol. The van der Waals surface area contributed by atoms with Crippen LogP contribution in [0.15, 0.2) is 58.0 Å². The van der Waals surface area contributed by atoms with Crippen LogP contribution in [-0.4, -0.2) is 27.6 Å². The number of aryl methyl sites for hydroxylation is 1. The molecule has 2 N–H and O–H groups in total. The molecule has 3 aromatic rings. The van der Waals surface area contributed by atoms with Gasteiger partial charge < -0.3 is 5.32 Å². The molecule has 1 fully saturated rings. The van der Waals surface area contributed by atoms with Crippen LogP contribution < -0.4 is 10.6 Å². The second-order valence-electron chi connectivity index (χ2n) is 7.56. The van der Waals surface area contributed by atoms with Crippen molar-refractivity contribution in [1.29, 1.82) is 0 Å². The van der Waals surface area contributed by atoms with E-state index in [1.807, 2.05) is 25.1 Å². The molecule has 1 aliphatic rings. The highest BCUT2D eigenvalue weighted by Crippen LogP contribution is 2.33. The number of ketones is 1. The van der Waals surface area contributed by atoms with Crippen LogP contribution in [0.3, 0.4) is 0 Å². The zero-order valence-corrected chi connectivity index (χ0v) is 19.1. The van der Waals surface area contributed by atoms with Crippen LogP contribution in [0.25, 0.3) is 0 Å². The zero-order chi connectivity index (χ0) is 22.5. The van der Waals surface area contributed by atoms with Crippen molar-refractivity contribution in [3.8, 4) is 0 Å². The molecule has 2 aromatic heterocycles. The van der Waals surface area contributed by atoms with Crippen molar-refractivity contribution in [1.82, 2.24) is 9.97 Å². The first kappa shape index (κ1) is 22.2. The summed E-state index contributed by atoms with van der Waals surface area (Å²) in [5.41, 5.74) is 1.74. The van der Waals surface area contributed by atoms with Crippen molar-refractivity contribution >= 4 is 51.5 Å². The number of carbonyl (C=O) groups is 3. The summed E-state index contributed by atoms with van der Waals surface area (Å²) in [5, 5.41) is 6.24. The summed E-state index contributed by atoms with van der Waals surface area (Å²) in [4.78, 5) is 46.3. The van der Waals surface area contributed by atoms with E-state index in [2.05, 4.69) is 20.6 Å². The van der Waals surface area contributed by atoms with Crippen LogP contribution in [0.5, 0.6) is 0 Å². The Balaban J connectivity index is 1.41. The van der Waals surface area contributed by atoms with Gasteiger partial charge in [-0.05, 0) is 44.0 Å². The SMILES string of the molecule is Cc1ccc(NC(=O)C(=O)Nc2ncc(Sc3ccccn3)s2)c(C(=O)C2CCCC2)c1. The van der Waals surface area contributed by atoms with Gasteiger partial charge in [0.2, 0.25) is 0 Å². The lowest BCUT2D eigenvalue weighted by molar-refractivity contribution is -0.133. The van der Waals surface area contributed by atoms with E-state index in [9.17, 15) is 14.4 Å². The van der Waals surface area contributed by atoms with Crippen molar-refractivity contribution in [3.05, 3.63) is 59.9 Å². The Morgan fingerprint density at radius 2 is 1.81 bits per heavy atom. The summed E-state index contributed by atoms with van der Waals surface area (Å²) in [6, 6.07) is 10.9. The van der Waals surface area contributed by atoms with Gasteiger partial charge in [-0.25, -0.2) is 9.97 Å². The monoisotopic (exact) mass is 466 g/mol. The van der Waals surface area contributed by atoms with Gasteiger partial charge in [0.15, 0.2) is 10.9 Å². The van der Waals surface area contributed by atoms with Gasteiger partial charge in [0.25, 0.3) is 0 Å². The standard InChI is InChI=1S/C23H22N4O3S2/c1-14-9-10-17(16(12-14)20(28)15-6-2-3-7-15)26-21(29)22(30)27-23-25-13-19(32-23)31-18-8-4-5-11-24-18/h4-5,8-13,15H,2-3,6-7H2,1H3,(H,26,29)(H,25,27,30). The Labute approximate surface area is 194 Å². The summed E-state index contributed by atoms with van der Waals surface area (Å²) >= 11 is 2.67. The fourth-order valence-electron chi connectivity index (χ4n) is 3.59. The maximum atomic E-state index is 12.9. The Morgan fingerprint density at radius 1 is 1.03 bits per heavy atom. The average Bonchev–Trinajstić information content (AvgIpc) is 3.47. The highest BCUT2D eigenvalue weighted by atomic mass is 32.2. The van der Waals surface area contributed by atoms with E-state index in [0.29, 0.717) is 16.4 Å². The van der Waals surface area contributed by atoms with Crippen molar-refractivity contribution < 1.29 is 14.4 Å². The van der Waals surface area contributed by atoms with Gasteiger partial charge in [0, 0.05) is 17.7 Å². The number of nitrogens with one attached hydrogen (secondary N) is 2. The highest BCUT2D eigenvalue weighted by molar-refractivity contribution is 8.01. The Morgan fingerprint density at radius 3 is 2.56 bits per heavy atom. The molecule has 32 heavy (non-hydrogen) atoms. The normalized spacial score (nSPS) is 13.7. The molecule has 9 heteroatoms. The molecule has 0 atom stereocenters. The molecule has 0 radical (unpaired) electrons. The molecule has 1 aliphatic carbocycles. The molecule has 0 spiro atoms. The summed E-state index contributed by atoms with van der Waals surface area (Å²) in [7, 11) is 0. The summed E-state index contributed by atoms with van der Waals surface area (Å²) < 4.78 is 0.836. The Kier molecular flexibility index (Phi) is 6.96.